The highest BCUT2D eigenvalue weighted by atomic mass is 32.2. The SMILES string of the molecule is COc1cc(C(=O)N2CCCSC2)c([N+](=O)[O-])cc1OC. The molecular weight excluding hydrogens is 296 g/mol. The van der Waals surface area contributed by atoms with Gasteiger partial charge in [0, 0.05) is 12.6 Å². The molecule has 0 radical (unpaired) electrons. The molecule has 0 N–H and O–H groups in total. The van der Waals surface area contributed by atoms with Crippen molar-refractivity contribution in [1.29, 1.82) is 0 Å². The number of nitrogens with zero attached hydrogens (tertiary/aromatic N) is 2. The molecule has 1 aromatic rings. The van der Waals surface area contributed by atoms with Gasteiger partial charge in [-0.25, -0.2) is 0 Å². The average molecular weight is 312 g/mol. The molecule has 0 aromatic heterocycles. The van der Waals surface area contributed by atoms with Gasteiger partial charge in [0.05, 0.1) is 31.1 Å². The van der Waals surface area contributed by atoms with Crippen molar-refractivity contribution in [3.8, 4) is 11.5 Å². The van der Waals surface area contributed by atoms with Crippen LogP contribution in [-0.2, 0) is 0 Å². The van der Waals surface area contributed by atoms with Gasteiger partial charge in [0.1, 0.15) is 5.56 Å². The molecule has 0 aliphatic carbocycles. The molecule has 7 nitrogen and oxygen atoms in total. The molecule has 1 aliphatic heterocycles. The summed E-state index contributed by atoms with van der Waals surface area (Å²) < 4.78 is 10.2. The van der Waals surface area contributed by atoms with E-state index in [2.05, 4.69) is 0 Å². The molecule has 0 unspecified atom stereocenters. The maximum Gasteiger partial charge on any atom is 0.286 e. The molecule has 0 bridgehead atoms. The zero-order valence-corrected chi connectivity index (χ0v) is 12.6. The van der Waals surface area contributed by atoms with Crippen LogP contribution in [0.25, 0.3) is 0 Å². The Hall–Kier alpha value is -1.96. The molecular formula is C13H16N2O5S. The molecule has 1 heterocycles. The molecule has 1 aromatic carbocycles. The number of amides is 1. The van der Waals surface area contributed by atoms with Crippen LogP contribution >= 0.6 is 11.8 Å². The highest BCUT2D eigenvalue weighted by Crippen LogP contribution is 2.35. The van der Waals surface area contributed by atoms with Gasteiger partial charge >= 0.3 is 0 Å². The number of nitro benzene ring substituents is 1. The monoisotopic (exact) mass is 312 g/mol. The largest absolute Gasteiger partial charge is 0.493 e. The Bertz CT molecular complexity index is 558. The Morgan fingerprint density at radius 1 is 1.33 bits per heavy atom. The van der Waals surface area contributed by atoms with E-state index in [-0.39, 0.29) is 22.9 Å². The van der Waals surface area contributed by atoms with Crippen LogP contribution in [0.15, 0.2) is 12.1 Å². The lowest BCUT2D eigenvalue weighted by molar-refractivity contribution is -0.385. The van der Waals surface area contributed by atoms with Crippen molar-refractivity contribution in [3.05, 3.63) is 27.8 Å². The fourth-order valence-electron chi connectivity index (χ4n) is 2.12. The highest BCUT2D eigenvalue weighted by molar-refractivity contribution is 7.99. The fraction of sp³-hybridized carbons (Fsp3) is 0.462. The van der Waals surface area contributed by atoms with E-state index in [1.165, 1.54) is 26.4 Å². The molecule has 0 atom stereocenters. The Kier molecular flexibility index (Phi) is 4.89. The van der Waals surface area contributed by atoms with Crippen molar-refractivity contribution in [2.75, 3.05) is 32.4 Å². The van der Waals surface area contributed by atoms with Crippen molar-refractivity contribution in [3.63, 3.8) is 0 Å². The third kappa shape index (κ3) is 3.21. The average Bonchev–Trinajstić information content (AvgIpc) is 2.53. The summed E-state index contributed by atoms with van der Waals surface area (Å²) in [4.78, 5) is 24.8. The number of rotatable bonds is 4. The second-order valence-corrected chi connectivity index (χ2v) is 5.52. The molecule has 0 spiro atoms. The van der Waals surface area contributed by atoms with Gasteiger partial charge in [0.25, 0.3) is 11.6 Å². The van der Waals surface area contributed by atoms with Gasteiger partial charge in [-0.3, -0.25) is 14.9 Å². The summed E-state index contributed by atoms with van der Waals surface area (Å²) in [5.74, 6) is 1.72. The van der Waals surface area contributed by atoms with Crippen molar-refractivity contribution in [2.45, 2.75) is 6.42 Å². The van der Waals surface area contributed by atoms with Crippen LogP contribution in [0.3, 0.4) is 0 Å². The predicted molar refractivity (Wildman–Crippen MR) is 79.2 cm³/mol. The van der Waals surface area contributed by atoms with Crippen molar-refractivity contribution in [2.24, 2.45) is 0 Å². The molecule has 8 heteroatoms. The molecule has 1 saturated heterocycles. The Morgan fingerprint density at radius 2 is 2.00 bits per heavy atom. The van der Waals surface area contributed by atoms with Crippen LogP contribution < -0.4 is 9.47 Å². The minimum atomic E-state index is -0.577. The second kappa shape index (κ2) is 6.66. The van der Waals surface area contributed by atoms with E-state index in [9.17, 15) is 14.9 Å². The topological polar surface area (TPSA) is 81.9 Å². The van der Waals surface area contributed by atoms with E-state index in [1.807, 2.05) is 0 Å². The standard InChI is InChI=1S/C13H16N2O5S/c1-19-11-6-9(10(15(17)18)7-12(11)20-2)13(16)14-4-3-5-21-8-14/h6-7H,3-5,8H2,1-2H3. The number of carbonyl (C=O) groups is 1. The number of carbonyl (C=O) groups excluding carboxylic acids is 1. The Balaban J connectivity index is 2.44. The number of ether oxygens (including phenoxy) is 2. The van der Waals surface area contributed by atoms with E-state index in [4.69, 9.17) is 9.47 Å². The number of methoxy groups -OCH3 is 2. The number of hydrogen-bond donors (Lipinski definition) is 0. The smallest absolute Gasteiger partial charge is 0.286 e. The van der Waals surface area contributed by atoms with E-state index in [0.717, 1.165) is 12.2 Å². The maximum atomic E-state index is 12.5. The molecule has 1 aliphatic rings. The van der Waals surface area contributed by atoms with Crippen LogP contribution in [0.5, 0.6) is 11.5 Å². The summed E-state index contributed by atoms with van der Waals surface area (Å²) in [5, 5.41) is 11.2. The quantitative estimate of drug-likeness (QED) is 0.626. The van der Waals surface area contributed by atoms with Gasteiger partial charge in [-0.15, -0.1) is 11.8 Å². The minimum absolute atomic E-state index is 0.0279. The summed E-state index contributed by atoms with van der Waals surface area (Å²) in [6.07, 6.45) is 0.886. The summed E-state index contributed by atoms with van der Waals surface area (Å²) in [6.45, 7) is 0.608. The van der Waals surface area contributed by atoms with Crippen LogP contribution in [-0.4, -0.2) is 48.1 Å². The third-order valence-electron chi connectivity index (χ3n) is 3.18. The van der Waals surface area contributed by atoms with Crippen LogP contribution in [0.1, 0.15) is 16.8 Å². The van der Waals surface area contributed by atoms with Crippen LogP contribution in [0, 0.1) is 10.1 Å². The van der Waals surface area contributed by atoms with Gasteiger partial charge in [-0.05, 0) is 12.2 Å². The fourth-order valence-corrected chi connectivity index (χ4v) is 3.05. The highest BCUT2D eigenvalue weighted by Gasteiger charge is 2.28. The summed E-state index contributed by atoms with van der Waals surface area (Å²) in [5.41, 5.74) is -0.242. The lowest BCUT2D eigenvalue weighted by atomic mass is 10.1. The number of benzene rings is 1. The lowest BCUT2D eigenvalue weighted by Gasteiger charge is -2.26. The Labute approximate surface area is 126 Å². The minimum Gasteiger partial charge on any atom is -0.493 e. The van der Waals surface area contributed by atoms with Crippen LogP contribution in [0.2, 0.25) is 0 Å². The zero-order chi connectivity index (χ0) is 15.4. The third-order valence-corrected chi connectivity index (χ3v) is 4.25. The van der Waals surface area contributed by atoms with Gasteiger partial charge in [0.2, 0.25) is 0 Å². The van der Waals surface area contributed by atoms with Crippen LogP contribution in [0.4, 0.5) is 5.69 Å². The maximum absolute atomic E-state index is 12.5. The Morgan fingerprint density at radius 3 is 2.52 bits per heavy atom. The van der Waals surface area contributed by atoms with Crippen molar-refractivity contribution in [1.82, 2.24) is 4.90 Å². The van der Waals surface area contributed by atoms with E-state index >= 15 is 0 Å². The van der Waals surface area contributed by atoms with E-state index < -0.39 is 4.92 Å². The van der Waals surface area contributed by atoms with Crippen molar-refractivity contribution >= 4 is 23.4 Å². The van der Waals surface area contributed by atoms with Gasteiger partial charge < -0.3 is 14.4 Å². The molecule has 1 amide bonds. The summed E-state index contributed by atoms with van der Waals surface area (Å²) >= 11 is 1.64. The number of hydrogen-bond acceptors (Lipinski definition) is 6. The first-order valence-electron chi connectivity index (χ1n) is 6.36. The molecule has 0 saturated carbocycles. The zero-order valence-electron chi connectivity index (χ0n) is 11.8. The van der Waals surface area contributed by atoms with Crippen molar-refractivity contribution < 1.29 is 19.2 Å². The normalized spacial score (nSPS) is 14.7. The number of thioether (sulfide) groups is 1. The lowest BCUT2D eigenvalue weighted by Crippen LogP contribution is -2.35. The van der Waals surface area contributed by atoms with Gasteiger partial charge in [0.15, 0.2) is 11.5 Å². The van der Waals surface area contributed by atoms with E-state index in [0.29, 0.717) is 18.2 Å². The summed E-state index contributed by atoms with van der Waals surface area (Å²) in [7, 11) is 2.82. The second-order valence-electron chi connectivity index (χ2n) is 4.44. The predicted octanol–water partition coefficient (Wildman–Crippen LogP) is 2.15. The first-order valence-corrected chi connectivity index (χ1v) is 7.51. The van der Waals surface area contributed by atoms with Gasteiger partial charge in [-0.2, -0.15) is 0 Å². The first-order chi connectivity index (χ1) is 10.1. The molecule has 114 valence electrons. The molecule has 1 fully saturated rings. The molecule has 2 rings (SSSR count). The number of nitro groups is 1. The summed E-state index contributed by atoms with van der Waals surface area (Å²) in [6, 6.07) is 2.60. The molecule has 21 heavy (non-hydrogen) atoms. The first kappa shape index (κ1) is 15.4. The van der Waals surface area contributed by atoms with E-state index in [1.54, 1.807) is 16.7 Å². The van der Waals surface area contributed by atoms with Gasteiger partial charge in [-0.1, -0.05) is 0 Å².